The van der Waals surface area contributed by atoms with E-state index in [4.69, 9.17) is 9.47 Å². The second kappa shape index (κ2) is 7.82. The van der Waals surface area contributed by atoms with Gasteiger partial charge >= 0.3 is 0 Å². The molecule has 8 nitrogen and oxygen atoms in total. The quantitative estimate of drug-likeness (QED) is 0.790. The Labute approximate surface area is 161 Å². The molecule has 8 heteroatoms. The topological polar surface area (TPSA) is 68.5 Å². The zero-order valence-electron chi connectivity index (χ0n) is 17.1. The van der Waals surface area contributed by atoms with E-state index in [0.717, 1.165) is 49.1 Å². The molecule has 1 unspecified atom stereocenters. The third-order valence-corrected chi connectivity index (χ3v) is 5.01. The Morgan fingerprint density at radius 2 is 1.74 bits per heavy atom. The van der Waals surface area contributed by atoms with Crippen molar-refractivity contribution < 1.29 is 9.47 Å². The molecule has 3 rings (SSSR count). The standard InChI is InChI=1S/C19H30N6O2/c1-19(2,3)25-18(20-21-22-25)17(24-11-9-23(4)10-12-24)15-13-14(26-5)7-8-16(15)27-6/h7-8,13,17H,9-12H2,1-6H3. The molecule has 1 atom stereocenters. The molecule has 1 aliphatic heterocycles. The van der Waals surface area contributed by atoms with Crippen molar-refractivity contribution in [2.45, 2.75) is 32.4 Å². The molecule has 0 spiro atoms. The van der Waals surface area contributed by atoms with Gasteiger partial charge in [0.2, 0.25) is 0 Å². The minimum absolute atomic E-state index is 0.113. The van der Waals surface area contributed by atoms with Crippen LogP contribution in [0.2, 0.25) is 0 Å². The Morgan fingerprint density at radius 1 is 1.04 bits per heavy atom. The molecule has 1 saturated heterocycles. The summed E-state index contributed by atoms with van der Waals surface area (Å²) in [4.78, 5) is 4.76. The molecule has 1 aliphatic rings. The Kier molecular flexibility index (Phi) is 5.67. The van der Waals surface area contributed by atoms with Crippen molar-refractivity contribution in [3.63, 3.8) is 0 Å². The molecule has 2 heterocycles. The highest BCUT2D eigenvalue weighted by Crippen LogP contribution is 2.37. The van der Waals surface area contributed by atoms with Crippen LogP contribution in [0.15, 0.2) is 18.2 Å². The van der Waals surface area contributed by atoms with E-state index < -0.39 is 0 Å². The summed E-state index contributed by atoms with van der Waals surface area (Å²) < 4.78 is 13.1. The van der Waals surface area contributed by atoms with Gasteiger partial charge in [-0.1, -0.05) is 0 Å². The summed E-state index contributed by atoms with van der Waals surface area (Å²) in [5.74, 6) is 2.42. The molecule has 1 fully saturated rings. The van der Waals surface area contributed by atoms with Crippen molar-refractivity contribution >= 4 is 0 Å². The first-order valence-corrected chi connectivity index (χ1v) is 9.28. The van der Waals surface area contributed by atoms with Crippen LogP contribution in [0.3, 0.4) is 0 Å². The lowest BCUT2D eigenvalue weighted by Crippen LogP contribution is -2.47. The van der Waals surface area contributed by atoms with Crippen LogP contribution in [-0.2, 0) is 5.54 Å². The van der Waals surface area contributed by atoms with Gasteiger partial charge in [-0.25, -0.2) is 4.68 Å². The van der Waals surface area contributed by atoms with E-state index in [-0.39, 0.29) is 11.6 Å². The zero-order chi connectivity index (χ0) is 19.6. The average molecular weight is 374 g/mol. The normalized spacial score (nSPS) is 17.7. The Balaban J connectivity index is 2.13. The number of nitrogens with zero attached hydrogens (tertiary/aromatic N) is 6. The first kappa shape index (κ1) is 19.6. The fourth-order valence-electron chi connectivity index (χ4n) is 3.47. The Morgan fingerprint density at radius 3 is 2.33 bits per heavy atom. The highest BCUT2D eigenvalue weighted by Gasteiger charge is 2.34. The van der Waals surface area contributed by atoms with Crippen molar-refractivity contribution in [1.82, 2.24) is 30.0 Å². The van der Waals surface area contributed by atoms with E-state index in [9.17, 15) is 0 Å². The molecule has 27 heavy (non-hydrogen) atoms. The lowest BCUT2D eigenvalue weighted by molar-refractivity contribution is 0.117. The van der Waals surface area contributed by atoms with Crippen LogP contribution in [0, 0.1) is 0 Å². The number of benzene rings is 1. The maximum Gasteiger partial charge on any atom is 0.173 e. The third-order valence-electron chi connectivity index (χ3n) is 5.01. The van der Waals surface area contributed by atoms with Crippen LogP contribution in [0.25, 0.3) is 0 Å². The lowest BCUT2D eigenvalue weighted by Gasteiger charge is -2.38. The van der Waals surface area contributed by atoms with E-state index in [2.05, 4.69) is 53.1 Å². The highest BCUT2D eigenvalue weighted by atomic mass is 16.5. The average Bonchev–Trinajstić information content (AvgIpc) is 3.13. The fourth-order valence-corrected chi connectivity index (χ4v) is 3.47. The largest absolute Gasteiger partial charge is 0.497 e. The van der Waals surface area contributed by atoms with Crippen LogP contribution in [0.4, 0.5) is 0 Å². The van der Waals surface area contributed by atoms with Crippen LogP contribution in [-0.4, -0.2) is 77.5 Å². The predicted molar refractivity (Wildman–Crippen MR) is 103 cm³/mol. The maximum absolute atomic E-state index is 5.69. The van der Waals surface area contributed by atoms with E-state index in [1.807, 2.05) is 22.9 Å². The van der Waals surface area contributed by atoms with Gasteiger partial charge in [-0.05, 0) is 56.4 Å². The van der Waals surface area contributed by atoms with E-state index >= 15 is 0 Å². The SMILES string of the molecule is COc1ccc(OC)c(C(c2nnnn2C(C)(C)C)N2CCN(C)CC2)c1. The molecular weight excluding hydrogens is 344 g/mol. The Bertz CT molecular complexity index is 762. The minimum atomic E-state index is -0.226. The number of hydrogen-bond acceptors (Lipinski definition) is 7. The Hall–Kier alpha value is -2.19. The number of piperazine rings is 1. The second-order valence-electron chi connectivity index (χ2n) is 7.97. The van der Waals surface area contributed by atoms with Gasteiger partial charge in [-0.15, -0.1) is 5.10 Å². The molecule has 0 N–H and O–H groups in total. The van der Waals surface area contributed by atoms with E-state index in [0.29, 0.717) is 0 Å². The monoisotopic (exact) mass is 374 g/mol. The van der Waals surface area contributed by atoms with Gasteiger partial charge in [0.25, 0.3) is 0 Å². The molecule has 0 aliphatic carbocycles. The van der Waals surface area contributed by atoms with Gasteiger partial charge < -0.3 is 14.4 Å². The predicted octanol–water partition coefficient (Wildman–Crippen LogP) is 1.78. The summed E-state index contributed by atoms with van der Waals surface area (Å²) in [6, 6.07) is 5.78. The summed E-state index contributed by atoms with van der Waals surface area (Å²) in [6.07, 6.45) is 0. The van der Waals surface area contributed by atoms with Crippen LogP contribution >= 0.6 is 0 Å². The van der Waals surface area contributed by atoms with Gasteiger partial charge in [-0.3, -0.25) is 4.90 Å². The first-order valence-electron chi connectivity index (χ1n) is 9.28. The number of methoxy groups -OCH3 is 2. The van der Waals surface area contributed by atoms with Crippen molar-refractivity contribution in [3.8, 4) is 11.5 Å². The van der Waals surface area contributed by atoms with Crippen molar-refractivity contribution in [2.24, 2.45) is 0 Å². The zero-order valence-corrected chi connectivity index (χ0v) is 17.1. The van der Waals surface area contributed by atoms with E-state index in [1.54, 1.807) is 14.2 Å². The van der Waals surface area contributed by atoms with Gasteiger partial charge in [0, 0.05) is 31.7 Å². The second-order valence-corrected chi connectivity index (χ2v) is 7.97. The number of hydrogen-bond donors (Lipinski definition) is 0. The number of ether oxygens (including phenoxy) is 2. The van der Waals surface area contributed by atoms with Gasteiger partial charge in [0.15, 0.2) is 5.82 Å². The molecular formula is C19H30N6O2. The summed E-state index contributed by atoms with van der Waals surface area (Å²) in [5, 5.41) is 12.7. The molecule has 1 aromatic carbocycles. The maximum atomic E-state index is 5.69. The van der Waals surface area contributed by atoms with Crippen molar-refractivity contribution in [3.05, 3.63) is 29.6 Å². The number of likely N-dealkylation sites (N-methyl/N-ethyl adjacent to an activating group) is 1. The first-order chi connectivity index (χ1) is 12.8. The summed E-state index contributed by atoms with van der Waals surface area (Å²) in [5.41, 5.74) is 0.789. The van der Waals surface area contributed by atoms with Crippen molar-refractivity contribution in [1.29, 1.82) is 0 Å². The van der Waals surface area contributed by atoms with Crippen LogP contribution < -0.4 is 9.47 Å². The van der Waals surface area contributed by atoms with Crippen LogP contribution in [0.1, 0.15) is 38.2 Å². The third kappa shape index (κ3) is 4.06. The van der Waals surface area contributed by atoms with Gasteiger partial charge in [-0.2, -0.15) is 0 Å². The number of tetrazole rings is 1. The number of rotatable bonds is 5. The minimum Gasteiger partial charge on any atom is -0.497 e. The fraction of sp³-hybridized carbons (Fsp3) is 0.632. The molecule has 148 valence electrons. The lowest BCUT2D eigenvalue weighted by atomic mass is 10.00. The van der Waals surface area contributed by atoms with Gasteiger partial charge in [0.1, 0.15) is 17.5 Å². The molecule has 0 radical (unpaired) electrons. The molecule has 1 aromatic heterocycles. The molecule has 2 aromatic rings. The summed E-state index contributed by atoms with van der Waals surface area (Å²) in [6.45, 7) is 10.2. The molecule has 0 bridgehead atoms. The van der Waals surface area contributed by atoms with Crippen LogP contribution in [0.5, 0.6) is 11.5 Å². The highest BCUT2D eigenvalue weighted by molar-refractivity contribution is 5.44. The summed E-state index contributed by atoms with van der Waals surface area (Å²) in [7, 11) is 5.52. The molecule has 0 amide bonds. The van der Waals surface area contributed by atoms with Crippen molar-refractivity contribution in [2.75, 3.05) is 47.4 Å². The summed E-state index contributed by atoms with van der Waals surface area (Å²) >= 11 is 0. The molecule has 0 saturated carbocycles. The van der Waals surface area contributed by atoms with Gasteiger partial charge in [0.05, 0.1) is 19.8 Å². The smallest absolute Gasteiger partial charge is 0.173 e. The number of aromatic nitrogens is 4. The van der Waals surface area contributed by atoms with E-state index in [1.165, 1.54) is 0 Å².